The van der Waals surface area contributed by atoms with Crippen molar-refractivity contribution < 1.29 is 19.4 Å². The number of carboxylic acids is 1. The molecule has 1 unspecified atom stereocenters. The number of hydrogen-bond donors (Lipinski definition) is 2. The molecule has 0 bridgehead atoms. The number of carbonyl (C=O) groups is 2. The van der Waals surface area contributed by atoms with E-state index in [4.69, 9.17) is 9.84 Å². The van der Waals surface area contributed by atoms with Gasteiger partial charge in [0.05, 0.1) is 6.61 Å². The Morgan fingerprint density at radius 3 is 2.50 bits per heavy atom. The molecule has 16 heavy (non-hydrogen) atoms. The minimum absolute atomic E-state index is 0.378. The lowest BCUT2D eigenvalue weighted by Gasteiger charge is -2.22. The van der Waals surface area contributed by atoms with Crippen LogP contribution in [0.25, 0.3) is 0 Å². The van der Waals surface area contributed by atoms with Crippen LogP contribution in [0.4, 0.5) is 4.79 Å². The summed E-state index contributed by atoms with van der Waals surface area (Å²) in [5.74, 6) is -1.05. The molecular formula is C10H20N2O4. The second-order valence-corrected chi connectivity index (χ2v) is 3.29. The molecule has 1 atom stereocenters. The number of amides is 2. The van der Waals surface area contributed by atoms with Crippen molar-refractivity contribution in [3.63, 3.8) is 0 Å². The molecule has 0 rings (SSSR count). The highest BCUT2D eigenvalue weighted by atomic mass is 16.5. The Morgan fingerprint density at radius 2 is 2.06 bits per heavy atom. The molecule has 0 aliphatic rings. The summed E-state index contributed by atoms with van der Waals surface area (Å²) in [7, 11) is 0. The van der Waals surface area contributed by atoms with Crippen LogP contribution in [0.2, 0.25) is 0 Å². The van der Waals surface area contributed by atoms with E-state index >= 15 is 0 Å². The summed E-state index contributed by atoms with van der Waals surface area (Å²) in [4.78, 5) is 23.6. The fourth-order valence-corrected chi connectivity index (χ4v) is 1.06. The number of rotatable bonds is 7. The van der Waals surface area contributed by atoms with Crippen LogP contribution < -0.4 is 5.32 Å². The predicted octanol–water partition coefficient (Wildman–Crippen LogP) is 0.527. The average molecular weight is 232 g/mol. The van der Waals surface area contributed by atoms with E-state index in [1.165, 1.54) is 11.8 Å². The first-order valence-corrected chi connectivity index (χ1v) is 5.38. The third-order valence-corrected chi connectivity index (χ3v) is 2.09. The molecule has 2 N–H and O–H groups in total. The quantitative estimate of drug-likeness (QED) is 0.627. The van der Waals surface area contributed by atoms with Gasteiger partial charge in [0.1, 0.15) is 6.04 Å². The molecule has 0 fully saturated rings. The number of hydrogen-bond acceptors (Lipinski definition) is 3. The first-order chi connectivity index (χ1) is 7.52. The topological polar surface area (TPSA) is 78.9 Å². The van der Waals surface area contributed by atoms with E-state index < -0.39 is 12.0 Å². The zero-order valence-corrected chi connectivity index (χ0v) is 10.0. The highest BCUT2D eigenvalue weighted by Crippen LogP contribution is 1.92. The van der Waals surface area contributed by atoms with E-state index in [1.807, 2.05) is 13.8 Å². The summed E-state index contributed by atoms with van der Waals surface area (Å²) < 4.78 is 5.13. The number of nitrogens with zero attached hydrogens (tertiary/aromatic N) is 1. The lowest BCUT2D eigenvalue weighted by Crippen LogP contribution is -2.47. The van der Waals surface area contributed by atoms with Crippen molar-refractivity contribution in [2.45, 2.75) is 26.8 Å². The van der Waals surface area contributed by atoms with E-state index in [9.17, 15) is 9.59 Å². The zero-order chi connectivity index (χ0) is 12.6. The standard InChI is InChI=1S/C10H20N2O4/c1-4-12(6-7-16-5-2)10(15)11-8(3)9(13)14/h8H,4-7H2,1-3H3,(H,11,15)(H,13,14). The molecule has 0 aliphatic carbocycles. The molecule has 6 nitrogen and oxygen atoms in total. The third kappa shape index (κ3) is 5.55. The second kappa shape index (κ2) is 7.92. The maximum absolute atomic E-state index is 11.6. The molecule has 0 aromatic rings. The Bertz CT molecular complexity index is 233. The SMILES string of the molecule is CCOCCN(CC)C(=O)NC(C)C(=O)O. The van der Waals surface area contributed by atoms with Crippen LogP contribution in [0, 0.1) is 0 Å². The average Bonchev–Trinajstić information content (AvgIpc) is 2.24. The van der Waals surface area contributed by atoms with Gasteiger partial charge in [-0.3, -0.25) is 4.79 Å². The van der Waals surface area contributed by atoms with Crippen LogP contribution in [0.15, 0.2) is 0 Å². The van der Waals surface area contributed by atoms with E-state index in [-0.39, 0.29) is 6.03 Å². The maximum Gasteiger partial charge on any atom is 0.325 e. The first kappa shape index (κ1) is 14.7. The van der Waals surface area contributed by atoms with Crippen molar-refractivity contribution in [3.05, 3.63) is 0 Å². The van der Waals surface area contributed by atoms with Gasteiger partial charge in [0.15, 0.2) is 0 Å². The molecule has 0 aromatic heterocycles. The molecule has 0 aromatic carbocycles. The van der Waals surface area contributed by atoms with Crippen LogP contribution in [-0.2, 0) is 9.53 Å². The molecule has 94 valence electrons. The summed E-state index contributed by atoms with van der Waals surface area (Å²) in [6, 6.07) is -1.26. The van der Waals surface area contributed by atoms with Crippen LogP contribution >= 0.6 is 0 Å². The zero-order valence-electron chi connectivity index (χ0n) is 10.0. The number of aliphatic carboxylic acids is 1. The fourth-order valence-electron chi connectivity index (χ4n) is 1.06. The molecule has 0 saturated heterocycles. The smallest absolute Gasteiger partial charge is 0.325 e. The van der Waals surface area contributed by atoms with Gasteiger partial charge in [-0.2, -0.15) is 0 Å². The van der Waals surface area contributed by atoms with Crippen molar-refractivity contribution in [2.75, 3.05) is 26.3 Å². The van der Waals surface area contributed by atoms with E-state index in [0.717, 1.165) is 0 Å². The Morgan fingerprint density at radius 1 is 1.44 bits per heavy atom. The minimum atomic E-state index is -1.05. The molecule has 0 heterocycles. The number of ether oxygens (including phenoxy) is 1. The van der Waals surface area contributed by atoms with Crippen LogP contribution in [-0.4, -0.2) is 54.4 Å². The van der Waals surface area contributed by atoms with Gasteiger partial charge in [-0.25, -0.2) is 4.79 Å². The summed E-state index contributed by atoms with van der Waals surface area (Å²) in [5.41, 5.74) is 0. The van der Waals surface area contributed by atoms with Gasteiger partial charge >= 0.3 is 12.0 Å². The van der Waals surface area contributed by atoms with Gasteiger partial charge in [-0.05, 0) is 20.8 Å². The second-order valence-electron chi connectivity index (χ2n) is 3.29. The predicted molar refractivity (Wildman–Crippen MR) is 59.4 cm³/mol. The van der Waals surface area contributed by atoms with Gasteiger partial charge < -0.3 is 20.1 Å². The Balaban J connectivity index is 4.05. The van der Waals surface area contributed by atoms with Gasteiger partial charge in [-0.15, -0.1) is 0 Å². The van der Waals surface area contributed by atoms with E-state index in [2.05, 4.69) is 5.32 Å². The number of nitrogens with one attached hydrogen (secondary N) is 1. The molecular weight excluding hydrogens is 212 g/mol. The van der Waals surface area contributed by atoms with Crippen LogP contribution in [0.1, 0.15) is 20.8 Å². The van der Waals surface area contributed by atoms with Crippen LogP contribution in [0.3, 0.4) is 0 Å². The van der Waals surface area contributed by atoms with Gasteiger partial charge in [0, 0.05) is 19.7 Å². The van der Waals surface area contributed by atoms with Gasteiger partial charge in [-0.1, -0.05) is 0 Å². The minimum Gasteiger partial charge on any atom is -0.480 e. The Hall–Kier alpha value is -1.30. The normalized spacial score (nSPS) is 11.9. The number of carbonyl (C=O) groups excluding carboxylic acids is 1. The highest BCUT2D eigenvalue weighted by molar-refractivity contribution is 5.82. The summed E-state index contributed by atoms with van der Waals surface area (Å²) in [6.45, 7) is 7.17. The Labute approximate surface area is 95.6 Å². The Kier molecular flexibility index (Phi) is 7.28. The number of carboxylic acid groups (broad SMARTS) is 1. The lowest BCUT2D eigenvalue weighted by atomic mass is 10.3. The van der Waals surface area contributed by atoms with Crippen molar-refractivity contribution >= 4 is 12.0 Å². The molecule has 0 spiro atoms. The lowest BCUT2D eigenvalue weighted by molar-refractivity contribution is -0.138. The fraction of sp³-hybridized carbons (Fsp3) is 0.800. The van der Waals surface area contributed by atoms with Crippen molar-refractivity contribution in [1.29, 1.82) is 0 Å². The maximum atomic E-state index is 11.6. The van der Waals surface area contributed by atoms with Gasteiger partial charge in [0.25, 0.3) is 0 Å². The monoisotopic (exact) mass is 232 g/mol. The molecule has 0 saturated carbocycles. The number of likely N-dealkylation sites (N-methyl/N-ethyl adjacent to an activating group) is 1. The van der Waals surface area contributed by atoms with Crippen LogP contribution in [0.5, 0.6) is 0 Å². The number of urea groups is 1. The van der Waals surface area contributed by atoms with E-state index in [1.54, 1.807) is 0 Å². The van der Waals surface area contributed by atoms with E-state index in [0.29, 0.717) is 26.3 Å². The van der Waals surface area contributed by atoms with Crippen molar-refractivity contribution in [1.82, 2.24) is 10.2 Å². The van der Waals surface area contributed by atoms with Crippen molar-refractivity contribution in [2.24, 2.45) is 0 Å². The van der Waals surface area contributed by atoms with Gasteiger partial charge in [0.2, 0.25) is 0 Å². The summed E-state index contributed by atoms with van der Waals surface area (Å²) in [5, 5.41) is 11.0. The molecule has 2 amide bonds. The molecule has 6 heteroatoms. The highest BCUT2D eigenvalue weighted by Gasteiger charge is 2.17. The molecule has 0 aliphatic heterocycles. The molecule has 0 radical (unpaired) electrons. The first-order valence-electron chi connectivity index (χ1n) is 5.38. The largest absolute Gasteiger partial charge is 0.480 e. The summed E-state index contributed by atoms with van der Waals surface area (Å²) in [6.07, 6.45) is 0. The third-order valence-electron chi connectivity index (χ3n) is 2.09. The van der Waals surface area contributed by atoms with Crippen molar-refractivity contribution in [3.8, 4) is 0 Å². The summed E-state index contributed by atoms with van der Waals surface area (Å²) >= 11 is 0.